The topological polar surface area (TPSA) is 124 Å². The zero-order valence-corrected chi connectivity index (χ0v) is 18.7. The first-order valence-electron chi connectivity index (χ1n) is 10.7. The average molecular weight is 432 g/mol. The summed E-state index contributed by atoms with van der Waals surface area (Å²) >= 11 is 0. The van der Waals surface area contributed by atoms with Gasteiger partial charge in [-0.05, 0) is 45.7 Å². The van der Waals surface area contributed by atoms with E-state index in [4.69, 9.17) is 20.3 Å². The molecule has 1 aromatic heterocycles. The van der Waals surface area contributed by atoms with Gasteiger partial charge in [0.15, 0.2) is 0 Å². The fourth-order valence-electron chi connectivity index (χ4n) is 3.77. The van der Waals surface area contributed by atoms with Gasteiger partial charge < -0.3 is 25.6 Å². The number of aromatic nitrogens is 1. The van der Waals surface area contributed by atoms with Crippen molar-refractivity contribution in [2.45, 2.75) is 65.0 Å². The smallest absolute Gasteiger partial charge is 0.339 e. The van der Waals surface area contributed by atoms with Crippen LogP contribution in [0.25, 0.3) is 10.9 Å². The van der Waals surface area contributed by atoms with Crippen molar-refractivity contribution < 1.29 is 24.2 Å². The number of aryl methyl sites for hydroxylation is 1. The first-order chi connectivity index (χ1) is 14.8. The highest BCUT2D eigenvalue weighted by atomic mass is 16.5. The number of nitrogens with two attached hydrogens (primary N) is 1. The Balaban J connectivity index is 0.000000225. The van der Waals surface area contributed by atoms with Crippen LogP contribution in [0.1, 0.15) is 62.0 Å². The number of ether oxygens (including phenoxy) is 2. The molecule has 1 aromatic carbocycles. The first kappa shape index (κ1) is 24.4. The van der Waals surface area contributed by atoms with Crippen molar-refractivity contribution in [2.75, 3.05) is 19.5 Å². The molecule has 2 aromatic rings. The van der Waals surface area contributed by atoms with E-state index >= 15 is 0 Å². The number of carbonyl (C=O) groups excluding carboxylic acids is 1. The van der Waals surface area contributed by atoms with Gasteiger partial charge in [-0.15, -0.1) is 0 Å². The van der Waals surface area contributed by atoms with Crippen molar-refractivity contribution >= 4 is 28.5 Å². The molecule has 0 aliphatic heterocycles. The van der Waals surface area contributed by atoms with Crippen molar-refractivity contribution in [1.82, 2.24) is 10.3 Å². The van der Waals surface area contributed by atoms with Crippen molar-refractivity contribution in [2.24, 2.45) is 0 Å². The Morgan fingerprint density at radius 3 is 2.55 bits per heavy atom. The second kappa shape index (κ2) is 11.5. The van der Waals surface area contributed by atoms with Crippen molar-refractivity contribution in [3.8, 4) is 5.75 Å². The Morgan fingerprint density at radius 2 is 1.97 bits per heavy atom. The van der Waals surface area contributed by atoms with Gasteiger partial charge in [-0.25, -0.2) is 4.79 Å². The van der Waals surface area contributed by atoms with E-state index in [1.807, 2.05) is 13.8 Å². The number of hydrogen-bond acceptors (Lipinski definition) is 6. The number of nitrogens with zero attached hydrogens (tertiary/aromatic N) is 1. The molecule has 0 saturated heterocycles. The van der Waals surface area contributed by atoms with E-state index in [0.29, 0.717) is 35.0 Å². The van der Waals surface area contributed by atoms with E-state index in [2.05, 4.69) is 10.3 Å². The highest BCUT2D eigenvalue weighted by Gasteiger charge is 2.20. The van der Waals surface area contributed by atoms with Gasteiger partial charge in [0.1, 0.15) is 17.4 Å². The van der Waals surface area contributed by atoms with Crippen LogP contribution in [0, 0.1) is 6.92 Å². The molecule has 1 unspecified atom stereocenters. The summed E-state index contributed by atoms with van der Waals surface area (Å²) in [5.41, 5.74) is 7.15. The van der Waals surface area contributed by atoms with Crippen LogP contribution >= 0.6 is 0 Å². The standard InChI is InChI=1S/C12H12N2O3.C11H21NO2/c1-6-9(12(15)16)11(13)10-7(14-6)4-3-5-8(10)17-2;1-3-14-9(2)11(13)12-10-7-5-4-6-8-10/h3-5H,1-2H3,(H2,13,14)(H,15,16);9-10H,3-8H2,1-2H3,(H,12,13). The molecule has 4 N–H and O–H groups in total. The average Bonchev–Trinajstić information content (AvgIpc) is 2.74. The summed E-state index contributed by atoms with van der Waals surface area (Å²) < 4.78 is 10.4. The van der Waals surface area contributed by atoms with E-state index in [1.54, 1.807) is 25.1 Å². The second-order valence-electron chi connectivity index (χ2n) is 7.59. The number of carboxylic acids is 1. The number of aromatic carboxylic acids is 1. The van der Waals surface area contributed by atoms with Crippen LogP contribution in [0.5, 0.6) is 5.75 Å². The van der Waals surface area contributed by atoms with E-state index in [-0.39, 0.29) is 23.3 Å². The minimum absolute atomic E-state index is 0.0296. The molecule has 31 heavy (non-hydrogen) atoms. The Labute approximate surface area is 183 Å². The number of fused-ring (bicyclic) bond motifs is 1. The summed E-state index contributed by atoms with van der Waals surface area (Å²) in [6, 6.07) is 5.67. The van der Waals surface area contributed by atoms with Gasteiger partial charge in [0.05, 0.1) is 29.4 Å². The van der Waals surface area contributed by atoms with Crippen LogP contribution < -0.4 is 15.8 Å². The van der Waals surface area contributed by atoms with Gasteiger partial charge >= 0.3 is 5.97 Å². The van der Waals surface area contributed by atoms with Gasteiger partial charge in [-0.2, -0.15) is 0 Å². The number of nitrogens with one attached hydrogen (secondary N) is 1. The largest absolute Gasteiger partial charge is 0.496 e. The third-order valence-corrected chi connectivity index (χ3v) is 5.36. The Morgan fingerprint density at radius 1 is 1.29 bits per heavy atom. The zero-order valence-electron chi connectivity index (χ0n) is 18.7. The maximum atomic E-state index is 11.6. The number of carbonyl (C=O) groups is 2. The number of pyridine rings is 1. The van der Waals surface area contributed by atoms with Crippen LogP contribution in [0.3, 0.4) is 0 Å². The molecular weight excluding hydrogens is 398 g/mol. The predicted molar refractivity (Wildman–Crippen MR) is 121 cm³/mol. The number of amides is 1. The maximum Gasteiger partial charge on any atom is 0.339 e. The molecule has 0 bridgehead atoms. The van der Waals surface area contributed by atoms with Crippen LogP contribution in [0.4, 0.5) is 5.69 Å². The van der Waals surface area contributed by atoms with Crippen LogP contribution in [-0.4, -0.2) is 47.8 Å². The molecule has 1 heterocycles. The summed E-state index contributed by atoms with van der Waals surface area (Å²) in [6.07, 6.45) is 5.76. The number of carboxylic acid groups (broad SMARTS) is 1. The summed E-state index contributed by atoms with van der Waals surface area (Å²) in [7, 11) is 1.51. The number of rotatable bonds is 6. The molecule has 1 atom stereocenters. The maximum absolute atomic E-state index is 11.6. The van der Waals surface area contributed by atoms with Crippen LogP contribution in [-0.2, 0) is 9.53 Å². The van der Waals surface area contributed by atoms with Crippen LogP contribution in [0.2, 0.25) is 0 Å². The minimum Gasteiger partial charge on any atom is -0.496 e. The van der Waals surface area contributed by atoms with Crippen molar-refractivity contribution in [3.05, 3.63) is 29.5 Å². The van der Waals surface area contributed by atoms with E-state index in [0.717, 1.165) is 12.8 Å². The summed E-state index contributed by atoms with van der Waals surface area (Å²) in [5.74, 6) is -0.519. The quantitative estimate of drug-likeness (QED) is 0.637. The Hall–Kier alpha value is -2.87. The van der Waals surface area contributed by atoms with Gasteiger partial charge in [0.2, 0.25) is 5.91 Å². The summed E-state index contributed by atoms with van der Waals surface area (Å²) in [4.78, 5) is 26.9. The molecule has 170 valence electrons. The monoisotopic (exact) mass is 431 g/mol. The number of hydrogen-bond donors (Lipinski definition) is 3. The van der Waals surface area contributed by atoms with E-state index in [9.17, 15) is 9.59 Å². The lowest BCUT2D eigenvalue weighted by Crippen LogP contribution is -2.42. The first-order valence-corrected chi connectivity index (χ1v) is 10.7. The lowest BCUT2D eigenvalue weighted by molar-refractivity contribution is -0.132. The summed E-state index contributed by atoms with van der Waals surface area (Å²) in [5, 5.41) is 12.7. The molecule has 1 fully saturated rings. The zero-order chi connectivity index (χ0) is 23.0. The number of methoxy groups -OCH3 is 1. The van der Waals surface area contributed by atoms with Crippen LogP contribution in [0.15, 0.2) is 18.2 Å². The molecule has 8 nitrogen and oxygen atoms in total. The SMILES string of the molecule is CCOC(C)C(=O)NC1CCCCC1.COc1cccc2nc(C)c(C(=O)O)c(N)c12. The lowest BCUT2D eigenvalue weighted by atomic mass is 9.95. The van der Waals surface area contributed by atoms with Gasteiger partial charge in [-0.3, -0.25) is 9.78 Å². The molecule has 1 aliphatic carbocycles. The molecular formula is C23H33N3O5. The fourth-order valence-corrected chi connectivity index (χ4v) is 3.77. The third kappa shape index (κ3) is 6.30. The lowest BCUT2D eigenvalue weighted by Gasteiger charge is -2.24. The Bertz CT molecular complexity index is 910. The van der Waals surface area contributed by atoms with Gasteiger partial charge in [-0.1, -0.05) is 25.3 Å². The highest BCUT2D eigenvalue weighted by Crippen LogP contribution is 2.33. The summed E-state index contributed by atoms with van der Waals surface area (Å²) in [6.45, 7) is 5.93. The van der Waals surface area contributed by atoms with Gasteiger partial charge in [0, 0.05) is 12.6 Å². The highest BCUT2D eigenvalue weighted by molar-refractivity contribution is 6.06. The Kier molecular flexibility index (Phi) is 9.05. The molecule has 8 heteroatoms. The molecule has 0 radical (unpaired) electrons. The van der Waals surface area contributed by atoms with Gasteiger partial charge in [0.25, 0.3) is 0 Å². The number of anilines is 1. The minimum atomic E-state index is -1.08. The third-order valence-electron chi connectivity index (χ3n) is 5.36. The molecule has 0 spiro atoms. The number of nitrogen functional groups attached to an aromatic ring is 1. The molecule has 1 aliphatic rings. The van der Waals surface area contributed by atoms with E-state index < -0.39 is 5.97 Å². The predicted octanol–water partition coefficient (Wildman–Crippen LogP) is 3.69. The normalized spacial score (nSPS) is 15.0. The molecule has 1 saturated carbocycles. The molecule has 1 amide bonds. The fraction of sp³-hybridized carbons (Fsp3) is 0.522. The van der Waals surface area contributed by atoms with Crippen molar-refractivity contribution in [3.63, 3.8) is 0 Å². The van der Waals surface area contributed by atoms with E-state index in [1.165, 1.54) is 26.4 Å². The van der Waals surface area contributed by atoms with Crippen molar-refractivity contribution in [1.29, 1.82) is 0 Å². The number of benzene rings is 1. The second-order valence-corrected chi connectivity index (χ2v) is 7.59. The molecule has 3 rings (SSSR count).